The van der Waals surface area contributed by atoms with Gasteiger partial charge in [-0.1, -0.05) is 0 Å². The van der Waals surface area contributed by atoms with E-state index in [-0.39, 0.29) is 5.78 Å². The van der Waals surface area contributed by atoms with Crippen molar-refractivity contribution in [2.24, 2.45) is 11.3 Å². The predicted molar refractivity (Wildman–Crippen MR) is 53.1 cm³/mol. The molecule has 0 aromatic carbocycles. The lowest BCUT2D eigenvalue weighted by molar-refractivity contribution is -0.143. The van der Waals surface area contributed by atoms with E-state index in [0.29, 0.717) is 5.76 Å². The van der Waals surface area contributed by atoms with Crippen LogP contribution in [0.5, 0.6) is 0 Å². The molecule has 0 aliphatic heterocycles. The van der Waals surface area contributed by atoms with Gasteiger partial charge in [-0.15, -0.1) is 0 Å². The molecule has 0 saturated carbocycles. The van der Waals surface area contributed by atoms with E-state index in [1.165, 1.54) is 20.1 Å². The van der Waals surface area contributed by atoms with Gasteiger partial charge in [0.2, 0.25) is 0 Å². The van der Waals surface area contributed by atoms with Crippen LogP contribution in [0, 0.1) is 11.3 Å². The van der Waals surface area contributed by atoms with Gasteiger partial charge < -0.3 is 4.74 Å². The molecule has 82 valence electrons. The van der Waals surface area contributed by atoms with E-state index < -0.39 is 22.9 Å². The molecule has 1 rings (SSSR count). The minimum atomic E-state index is -1.15. The number of methoxy groups -OCH3 is 1. The Balaban J connectivity index is 3.26. The minimum Gasteiger partial charge on any atom is -0.500 e. The Morgan fingerprint density at radius 3 is 2.33 bits per heavy atom. The third-order valence-corrected chi connectivity index (χ3v) is 2.68. The van der Waals surface area contributed by atoms with Crippen molar-refractivity contribution in [2.75, 3.05) is 7.11 Å². The lowest BCUT2D eigenvalue weighted by atomic mass is 9.72. The molecular formula is C11H14O4. The van der Waals surface area contributed by atoms with Crippen molar-refractivity contribution in [2.45, 2.75) is 20.8 Å². The Morgan fingerprint density at radius 2 is 1.93 bits per heavy atom. The molecule has 0 radical (unpaired) electrons. The molecular weight excluding hydrogens is 196 g/mol. The summed E-state index contributed by atoms with van der Waals surface area (Å²) in [4.78, 5) is 34.6. The normalized spacial score (nSPS) is 24.8. The standard InChI is InChI=1S/C11H14O4/c1-6(12)9-7(13)5-8(15-4)11(2,3)10(9)14/h5,9H,1-4H3. The molecule has 15 heavy (non-hydrogen) atoms. The Kier molecular flexibility index (Phi) is 2.79. The van der Waals surface area contributed by atoms with Crippen LogP contribution >= 0.6 is 0 Å². The molecule has 1 atom stereocenters. The maximum atomic E-state index is 11.9. The number of allylic oxidation sites excluding steroid dienone is 2. The zero-order chi connectivity index (χ0) is 11.8. The number of ether oxygens (including phenoxy) is 1. The van der Waals surface area contributed by atoms with Crippen molar-refractivity contribution in [1.82, 2.24) is 0 Å². The Bertz CT molecular complexity index is 363. The molecule has 0 fully saturated rings. The fraction of sp³-hybridized carbons (Fsp3) is 0.545. The Hall–Kier alpha value is -1.45. The summed E-state index contributed by atoms with van der Waals surface area (Å²) in [5.41, 5.74) is -0.904. The number of carbonyl (C=O) groups excluding carboxylic acids is 3. The molecule has 0 N–H and O–H groups in total. The van der Waals surface area contributed by atoms with Gasteiger partial charge >= 0.3 is 0 Å². The molecule has 4 nitrogen and oxygen atoms in total. The Labute approximate surface area is 88.3 Å². The average Bonchev–Trinajstić information content (AvgIpc) is 2.11. The molecule has 0 bridgehead atoms. The molecule has 0 aromatic rings. The summed E-state index contributed by atoms with van der Waals surface area (Å²) in [6, 6.07) is 0. The van der Waals surface area contributed by atoms with Gasteiger partial charge in [-0.25, -0.2) is 0 Å². The number of rotatable bonds is 2. The molecule has 0 heterocycles. The van der Waals surface area contributed by atoms with Gasteiger partial charge in [0.05, 0.1) is 12.5 Å². The zero-order valence-electron chi connectivity index (χ0n) is 9.29. The maximum Gasteiger partial charge on any atom is 0.177 e. The fourth-order valence-electron chi connectivity index (χ4n) is 1.70. The maximum absolute atomic E-state index is 11.9. The zero-order valence-corrected chi connectivity index (χ0v) is 9.29. The van der Waals surface area contributed by atoms with E-state index in [1.807, 2.05) is 0 Å². The predicted octanol–water partition coefficient (Wildman–Crippen LogP) is 0.900. The van der Waals surface area contributed by atoms with Crippen LogP contribution in [0.1, 0.15) is 20.8 Å². The second-order valence-corrected chi connectivity index (χ2v) is 4.15. The van der Waals surface area contributed by atoms with Gasteiger partial charge in [0.25, 0.3) is 0 Å². The first-order valence-electron chi connectivity index (χ1n) is 4.67. The molecule has 1 unspecified atom stereocenters. The third kappa shape index (κ3) is 1.71. The van der Waals surface area contributed by atoms with Crippen LogP contribution in [-0.4, -0.2) is 24.5 Å². The van der Waals surface area contributed by atoms with Crippen molar-refractivity contribution in [3.63, 3.8) is 0 Å². The van der Waals surface area contributed by atoms with Crippen molar-refractivity contribution in [3.8, 4) is 0 Å². The highest BCUT2D eigenvalue weighted by atomic mass is 16.5. The van der Waals surface area contributed by atoms with Crippen LogP contribution in [0.25, 0.3) is 0 Å². The smallest absolute Gasteiger partial charge is 0.177 e. The number of ketones is 3. The molecule has 0 saturated heterocycles. The van der Waals surface area contributed by atoms with Gasteiger partial charge in [-0.3, -0.25) is 14.4 Å². The van der Waals surface area contributed by atoms with Crippen LogP contribution in [0.4, 0.5) is 0 Å². The fourth-order valence-corrected chi connectivity index (χ4v) is 1.70. The van der Waals surface area contributed by atoms with Crippen LogP contribution < -0.4 is 0 Å². The van der Waals surface area contributed by atoms with Gasteiger partial charge in [0.1, 0.15) is 17.5 Å². The number of Topliss-reactive ketones (excluding diaryl/α,β-unsaturated/α-hetero) is 2. The van der Waals surface area contributed by atoms with E-state index >= 15 is 0 Å². The van der Waals surface area contributed by atoms with Crippen molar-refractivity contribution < 1.29 is 19.1 Å². The first kappa shape index (κ1) is 11.6. The molecule has 1 aliphatic carbocycles. The van der Waals surface area contributed by atoms with Gasteiger partial charge in [0, 0.05) is 6.08 Å². The number of carbonyl (C=O) groups is 3. The van der Waals surface area contributed by atoms with Gasteiger partial charge in [0.15, 0.2) is 11.6 Å². The van der Waals surface area contributed by atoms with E-state index in [9.17, 15) is 14.4 Å². The monoisotopic (exact) mass is 210 g/mol. The number of hydrogen-bond acceptors (Lipinski definition) is 4. The summed E-state index contributed by atoms with van der Waals surface area (Å²) in [7, 11) is 1.40. The van der Waals surface area contributed by atoms with Crippen LogP contribution in [0.2, 0.25) is 0 Å². The third-order valence-electron chi connectivity index (χ3n) is 2.68. The topological polar surface area (TPSA) is 60.4 Å². The highest BCUT2D eigenvalue weighted by Crippen LogP contribution is 2.35. The highest BCUT2D eigenvalue weighted by molar-refractivity contribution is 6.25. The Morgan fingerprint density at radius 1 is 1.40 bits per heavy atom. The molecule has 0 aromatic heterocycles. The molecule has 0 amide bonds. The van der Waals surface area contributed by atoms with Crippen molar-refractivity contribution in [1.29, 1.82) is 0 Å². The summed E-state index contributed by atoms with van der Waals surface area (Å²) in [6.07, 6.45) is 1.24. The number of hydrogen-bond donors (Lipinski definition) is 0. The van der Waals surface area contributed by atoms with Crippen LogP contribution in [0.15, 0.2) is 11.8 Å². The van der Waals surface area contributed by atoms with E-state index in [4.69, 9.17) is 4.74 Å². The second kappa shape index (κ2) is 3.61. The summed E-state index contributed by atoms with van der Waals surface area (Å²) < 4.78 is 4.98. The quantitative estimate of drug-likeness (QED) is 0.635. The summed E-state index contributed by atoms with van der Waals surface area (Å²) in [5.74, 6) is -2.12. The van der Waals surface area contributed by atoms with Crippen molar-refractivity contribution >= 4 is 17.3 Å². The largest absolute Gasteiger partial charge is 0.500 e. The average molecular weight is 210 g/mol. The van der Waals surface area contributed by atoms with E-state index in [2.05, 4.69) is 0 Å². The van der Waals surface area contributed by atoms with Crippen molar-refractivity contribution in [3.05, 3.63) is 11.8 Å². The summed E-state index contributed by atoms with van der Waals surface area (Å²) >= 11 is 0. The van der Waals surface area contributed by atoms with Gasteiger partial charge in [-0.2, -0.15) is 0 Å². The lowest BCUT2D eigenvalue weighted by Gasteiger charge is -2.31. The molecule has 0 spiro atoms. The summed E-state index contributed by atoms with van der Waals surface area (Å²) in [5, 5.41) is 0. The minimum absolute atomic E-state index is 0.315. The highest BCUT2D eigenvalue weighted by Gasteiger charge is 2.46. The van der Waals surface area contributed by atoms with E-state index in [1.54, 1.807) is 13.8 Å². The van der Waals surface area contributed by atoms with E-state index in [0.717, 1.165) is 0 Å². The first-order valence-corrected chi connectivity index (χ1v) is 4.67. The first-order chi connectivity index (χ1) is 6.82. The second-order valence-electron chi connectivity index (χ2n) is 4.15. The van der Waals surface area contributed by atoms with Crippen LogP contribution in [-0.2, 0) is 19.1 Å². The molecule has 4 heteroatoms. The van der Waals surface area contributed by atoms with Gasteiger partial charge in [-0.05, 0) is 20.8 Å². The summed E-state index contributed by atoms with van der Waals surface area (Å²) in [6.45, 7) is 4.54. The molecule has 1 aliphatic rings. The lowest BCUT2D eigenvalue weighted by Crippen LogP contribution is -2.44. The SMILES string of the molecule is COC1=CC(=O)C(C(C)=O)C(=O)C1(C)C. The van der Waals surface area contributed by atoms with Crippen LogP contribution in [0.3, 0.4) is 0 Å².